The highest BCUT2D eigenvalue weighted by Gasteiger charge is 2.33. The van der Waals surface area contributed by atoms with Crippen LogP contribution in [-0.4, -0.2) is 33.9 Å². The molecule has 19 heavy (non-hydrogen) atoms. The first kappa shape index (κ1) is 12.4. The molecule has 2 atom stereocenters. The second-order valence-electron chi connectivity index (χ2n) is 5.67. The molecule has 5 heteroatoms. The van der Waals surface area contributed by atoms with Crippen molar-refractivity contribution in [1.82, 2.24) is 14.9 Å². The highest BCUT2D eigenvalue weighted by atomic mass is 16.2. The van der Waals surface area contributed by atoms with Crippen molar-refractivity contribution in [3.63, 3.8) is 0 Å². The zero-order valence-electron chi connectivity index (χ0n) is 11.1. The molecule has 2 fully saturated rings. The van der Waals surface area contributed by atoms with Crippen LogP contribution in [0.5, 0.6) is 0 Å². The summed E-state index contributed by atoms with van der Waals surface area (Å²) in [5, 5.41) is 0. The maximum atomic E-state index is 12.4. The summed E-state index contributed by atoms with van der Waals surface area (Å²) in [7, 11) is 0. The Bertz CT molecular complexity index is 476. The third kappa shape index (κ3) is 2.55. The molecule has 3 rings (SSSR count). The first-order valence-corrected chi connectivity index (χ1v) is 7.11. The molecular weight excluding hydrogens is 240 g/mol. The van der Waals surface area contributed by atoms with Gasteiger partial charge in [0.2, 0.25) is 0 Å². The summed E-state index contributed by atoms with van der Waals surface area (Å²) in [6, 6.07) is 0. The second-order valence-corrected chi connectivity index (χ2v) is 5.67. The third-order valence-electron chi connectivity index (χ3n) is 4.45. The average Bonchev–Trinajstić information content (AvgIpc) is 2.46. The Morgan fingerprint density at radius 3 is 2.79 bits per heavy atom. The lowest BCUT2D eigenvalue weighted by atomic mass is 9.75. The van der Waals surface area contributed by atoms with Gasteiger partial charge in [0.25, 0.3) is 5.91 Å². The normalized spacial score (nSPS) is 26.8. The van der Waals surface area contributed by atoms with Crippen LogP contribution < -0.4 is 5.73 Å². The smallest absolute Gasteiger partial charge is 0.274 e. The number of piperidine rings is 1. The van der Waals surface area contributed by atoms with Crippen molar-refractivity contribution < 1.29 is 4.79 Å². The van der Waals surface area contributed by atoms with Gasteiger partial charge in [0.1, 0.15) is 11.5 Å². The SMILES string of the molecule is Nc1cncc(C(=O)N2CCC3CCCCC3C2)n1. The predicted molar refractivity (Wildman–Crippen MR) is 72.4 cm³/mol. The number of likely N-dealkylation sites (tertiary alicyclic amines) is 1. The number of hydrogen-bond donors (Lipinski definition) is 1. The van der Waals surface area contributed by atoms with E-state index in [1.165, 1.54) is 38.1 Å². The summed E-state index contributed by atoms with van der Waals surface area (Å²) in [6.07, 6.45) is 9.36. The molecule has 1 amide bonds. The molecule has 2 aliphatic rings. The van der Waals surface area contributed by atoms with Crippen LogP contribution >= 0.6 is 0 Å². The van der Waals surface area contributed by atoms with Crippen LogP contribution in [0.25, 0.3) is 0 Å². The summed E-state index contributed by atoms with van der Waals surface area (Å²) in [5.41, 5.74) is 5.96. The quantitative estimate of drug-likeness (QED) is 0.834. The van der Waals surface area contributed by atoms with Crippen molar-refractivity contribution in [2.75, 3.05) is 18.8 Å². The van der Waals surface area contributed by atoms with E-state index >= 15 is 0 Å². The van der Waals surface area contributed by atoms with Crippen molar-refractivity contribution in [3.05, 3.63) is 18.1 Å². The van der Waals surface area contributed by atoms with Crippen LogP contribution in [0, 0.1) is 11.8 Å². The summed E-state index contributed by atoms with van der Waals surface area (Å²) in [4.78, 5) is 22.3. The summed E-state index contributed by atoms with van der Waals surface area (Å²) < 4.78 is 0. The van der Waals surface area contributed by atoms with Gasteiger partial charge in [-0.15, -0.1) is 0 Å². The Morgan fingerprint density at radius 2 is 2.00 bits per heavy atom. The second kappa shape index (κ2) is 5.15. The lowest BCUT2D eigenvalue weighted by Crippen LogP contribution is -2.45. The maximum Gasteiger partial charge on any atom is 0.274 e. The number of hydrogen-bond acceptors (Lipinski definition) is 4. The third-order valence-corrected chi connectivity index (χ3v) is 4.45. The van der Waals surface area contributed by atoms with Crippen molar-refractivity contribution in [1.29, 1.82) is 0 Å². The fraction of sp³-hybridized carbons (Fsp3) is 0.643. The van der Waals surface area contributed by atoms with E-state index < -0.39 is 0 Å². The summed E-state index contributed by atoms with van der Waals surface area (Å²) in [6.45, 7) is 1.72. The molecule has 5 nitrogen and oxygen atoms in total. The van der Waals surface area contributed by atoms with Gasteiger partial charge in [-0.2, -0.15) is 0 Å². The van der Waals surface area contributed by atoms with Crippen LogP contribution in [0.3, 0.4) is 0 Å². The lowest BCUT2D eigenvalue weighted by molar-refractivity contribution is 0.0515. The van der Waals surface area contributed by atoms with Crippen molar-refractivity contribution in [2.45, 2.75) is 32.1 Å². The lowest BCUT2D eigenvalue weighted by Gasteiger charge is -2.41. The molecule has 1 aliphatic heterocycles. The van der Waals surface area contributed by atoms with Gasteiger partial charge in [0.05, 0.1) is 12.4 Å². The Balaban J connectivity index is 1.71. The molecule has 1 saturated heterocycles. The van der Waals surface area contributed by atoms with Gasteiger partial charge in [0.15, 0.2) is 0 Å². The fourth-order valence-corrected chi connectivity index (χ4v) is 3.43. The van der Waals surface area contributed by atoms with Crippen LogP contribution in [-0.2, 0) is 0 Å². The monoisotopic (exact) mass is 260 g/mol. The number of nitrogens with two attached hydrogens (primary N) is 1. The van der Waals surface area contributed by atoms with Crippen LogP contribution in [0.4, 0.5) is 5.82 Å². The van der Waals surface area contributed by atoms with Gasteiger partial charge < -0.3 is 10.6 Å². The molecule has 0 aromatic carbocycles. The zero-order valence-corrected chi connectivity index (χ0v) is 11.1. The minimum Gasteiger partial charge on any atom is -0.382 e. The molecule has 2 heterocycles. The largest absolute Gasteiger partial charge is 0.382 e. The van der Waals surface area contributed by atoms with E-state index in [0.717, 1.165) is 25.4 Å². The minimum absolute atomic E-state index is 0.0242. The highest BCUT2D eigenvalue weighted by molar-refractivity contribution is 5.92. The minimum atomic E-state index is -0.0242. The molecule has 102 valence electrons. The maximum absolute atomic E-state index is 12.4. The Labute approximate surface area is 113 Å². The molecule has 0 radical (unpaired) electrons. The van der Waals surface area contributed by atoms with Gasteiger partial charge >= 0.3 is 0 Å². The molecule has 2 N–H and O–H groups in total. The van der Waals surface area contributed by atoms with E-state index in [-0.39, 0.29) is 5.91 Å². The number of carbonyl (C=O) groups is 1. The Kier molecular flexibility index (Phi) is 3.36. The molecule has 1 aromatic rings. The van der Waals surface area contributed by atoms with Gasteiger partial charge in [-0.3, -0.25) is 9.78 Å². The summed E-state index contributed by atoms with van der Waals surface area (Å²) in [5.74, 6) is 1.78. The van der Waals surface area contributed by atoms with Gasteiger partial charge in [-0.25, -0.2) is 4.98 Å². The molecule has 1 aromatic heterocycles. The predicted octanol–water partition coefficient (Wildman–Crippen LogP) is 1.71. The molecular formula is C14H20N4O. The van der Waals surface area contributed by atoms with Crippen LogP contribution in [0.15, 0.2) is 12.4 Å². The van der Waals surface area contributed by atoms with Gasteiger partial charge in [0, 0.05) is 13.1 Å². The molecule has 0 spiro atoms. The average molecular weight is 260 g/mol. The molecule has 1 aliphatic carbocycles. The first-order chi connectivity index (χ1) is 9.24. The first-order valence-electron chi connectivity index (χ1n) is 7.11. The number of carbonyl (C=O) groups excluding carboxylic acids is 1. The molecule has 0 bridgehead atoms. The number of rotatable bonds is 1. The number of aromatic nitrogens is 2. The fourth-order valence-electron chi connectivity index (χ4n) is 3.43. The van der Waals surface area contributed by atoms with E-state index in [2.05, 4.69) is 9.97 Å². The molecule has 1 saturated carbocycles. The van der Waals surface area contributed by atoms with Gasteiger partial charge in [-0.1, -0.05) is 19.3 Å². The number of fused-ring (bicyclic) bond motifs is 1. The van der Waals surface area contributed by atoms with E-state index in [0.29, 0.717) is 17.4 Å². The van der Waals surface area contributed by atoms with Gasteiger partial charge in [-0.05, 0) is 24.7 Å². The zero-order chi connectivity index (χ0) is 13.2. The highest BCUT2D eigenvalue weighted by Crippen LogP contribution is 2.36. The number of nitrogen functional groups attached to an aromatic ring is 1. The topological polar surface area (TPSA) is 72.1 Å². The Morgan fingerprint density at radius 1 is 1.21 bits per heavy atom. The van der Waals surface area contributed by atoms with Crippen molar-refractivity contribution >= 4 is 11.7 Å². The van der Waals surface area contributed by atoms with E-state index in [1.54, 1.807) is 0 Å². The molecule has 2 unspecified atom stereocenters. The standard InChI is InChI=1S/C14H20N4O/c15-13-8-16-7-12(17-13)14(19)18-6-5-10-3-1-2-4-11(10)9-18/h7-8,10-11H,1-6,9H2,(H2,15,17). The van der Waals surface area contributed by atoms with Crippen molar-refractivity contribution in [2.24, 2.45) is 11.8 Å². The summed E-state index contributed by atoms with van der Waals surface area (Å²) >= 11 is 0. The number of amides is 1. The van der Waals surface area contributed by atoms with E-state index in [4.69, 9.17) is 5.73 Å². The number of anilines is 1. The Hall–Kier alpha value is -1.65. The number of nitrogens with zero attached hydrogens (tertiary/aromatic N) is 3. The van der Waals surface area contributed by atoms with E-state index in [1.807, 2.05) is 4.90 Å². The van der Waals surface area contributed by atoms with E-state index in [9.17, 15) is 4.79 Å². The van der Waals surface area contributed by atoms with Crippen LogP contribution in [0.1, 0.15) is 42.6 Å². The van der Waals surface area contributed by atoms with Crippen LogP contribution in [0.2, 0.25) is 0 Å². The van der Waals surface area contributed by atoms with Crippen molar-refractivity contribution in [3.8, 4) is 0 Å².